The van der Waals surface area contributed by atoms with Crippen LogP contribution in [0.2, 0.25) is 0 Å². The minimum Gasteiger partial charge on any atom is -0.478 e. The lowest BCUT2D eigenvalue weighted by Crippen LogP contribution is -2.39. The van der Waals surface area contributed by atoms with E-state index in [1.54, 1.807) is 36.6 Å². The standard InChI is InChI=1S/C26H23N3O4S/c1-4-32-25(31)22-17(3)28-26-29(23(22)18-11-9-16(2)10-12-18)24(30)21(34-26)15-19-7-5-6-8-20(19)33-14-13-27/h5-12,15,23H,4,14H2,1-3H3/b21-15+/t23-/m1/s1. The van der Waals surface area contributed by atoms with Crippen LogP contribution in [-0.4, -0.2) is 23.8 Å². The minimum absolute atomic E-state index is 0.0956. The summed E-state index contributed by atoms with van der Waals surface area (Å²) in [5, 5.41) is 8.86. The first-order valence-electron chi connectivity index (χ1n) is 10.8. The summed E-state index contributed by atoms with van der Waals surface area (Å²) < 4.78 is 12.8. The smallest absolute Gasteiger partial charge is 0.338 e. The molecule has 0 saturated heterocycles. The predicted octanol–water partition coefficient (Wildman–Crippen LogP) is 3.01. The van der Waals surface area contributed by atoms with E-state index in [1.807, 2.05) is 49.4 Å². The molecule has 0 fully saturated rings. The van der Waals surface area contributed by atoms with Crippen LogP contribution in [-0.2, 0) is 9.53 Å². The van der Waals surface area contributed by atoms with Crippen LogP contribution in [0.1, 0.15) is 36.6 Å². The van der Waals surface area contributed by atoms with Crippen LogP contribution < -0.4 is 19.6 Å². The summed E-state index contributed by atoms with van der Waals surface area (Å²) in [4.78, 5) is 31.6. The van der Waals surface area contributed by atoms with Crippen molar-refractivity contribution < 1.29 is 14.3 Å². The van der Waals surface area contributed by atoms with Crippen LogP contribution in [0.5, 0.6) is 5.75 Å². The van der Waals surface area contributed by atoms with Gasteiger partial charge in [-0.25, -0.2) is 9.79 Å². The minimum atomic E-state index is -0.650. The maximum Gasteiger partial charge on any atom is 0.338 e. The Hall–Kier alpha value is -3.96. The fourth-order valence-electron chi connectivity index (χ4n) is 3.84. The van der Waals surface area contributed by atoms with E-state index in [0.717, 1.165) is 11.1 Å². The number of benzene rings is 2. The van der Waals surface area contributed by atoms with Crippen molar-refractivity contribution in [2.75, 3.05) is 13.2 Å². The van der Waals surface area contributed by atoms with Crippen LogP contribution in [0, 0.1) is 18.3 Å². The molecule has 172 valence electrons. The summed E-state index contributed by atoms with van der Waals surface area (Å²) in [7, 11) is 0. The molecule has 3 aromatic rings. The highest BCUT2D eigenvalue weighted by molar-refractivity contribution is 7.07. The number of nitriles is 1. The monoisotopic (exact) mass is 473 g/mol. The predicted molar refractivity (Wildman–Crippen MR) is 129 cm³/mol. The molecule has 0 spiro atoms. The Morgan fingerprint density at radius 3 is 2.65 bits per heavy atom. The first kappa shape index (κ1) is 23.2. The first-order valence-corrected chi connectivity index (χ1v) is 11.6. The van der Waals surface area contributed by atoms with Crippen molar-refractivity contribution in [3.63, 3.8) is 0 Å². The van der Waals surface area contributed by atoms with Gasteiger partial charge < -0.3 is 9.47 Å². The van der Waals surface area contributed by atoms with Crippen molar-refractivity contribution in [2.24, 2.45) is 4.99 Å². The van der Waals surface area contributed by atoms with Crippen molar-refractivity contribution in [3.05, 3.63) is 96.2 Å². The molecule has 2 aromatic carbocycles. The number of hydrogen-bond acceptors (Lipinski definition) is 7. The maximum atomic E-state index is 13.6. The molecule has 8 heteroatoms. The largest absolute Gasteiger partial charge is 0.478 e. The second-order valence-electron chi connectivity index (χ2n) is 7.70. The molecule has 0 aliphatic carbocycles. The van der Waals surface area contributed by atoms with Crippen LogP contribution in [0.4, 0.5) is 0 Å². The number of allylic oxidation sites excluding steroid dienone is 1. The van der Waals surface area contributed by atoms with Gasteiger partial charge in [0.2, 0.25) is 0 Å². The Kier molecular flexibility index (Phi) is 6.75. The number of fused-ring (bicyclic) bond motifs is 1. The summed E-state index contributed by atoms with van der Waals surface area (Å²) in [5.41, 5.74) is 3.16. The zero-order chi connectivity index (χ0) is 24.2. The van der Waals surface area contributed by atoms with E-state index in [2.05, 4.69) is 4.99 Å². The van der Waals surface area contributed by atoms with E-state index in [4.69, 9.17) is 14.7 Å². The van der Waals surface area contributed by atoms with Gasteiger partial charge in [-0.15, -0.1) is 0 Å². The molecule has 1 aliphatic rings. The Bertz CT molecular complexity index is 1490. The summed E-state index contributed by atoms with van der Waals surface area (Å²) in [6.45, 7) is 5.61. The number of thiazole rings is 1. The highest BCUT2D eigenvalue weighted by Gasteiger charge is 2.33. The quantitative estimate of drug-likeness (QED) is 0.513. The van der Waals surface area contributed by atoms with Gasteiger partial charge in [0, 0.05) is 5.56 Å². The van der Waals surface area contributed by atoms with Gasteiger partial charge in [-0.05, 0) is 38.5 Å². The number of aryl methyl sites for hydroxylation is 1. The molecule has 0 unspecified atom stereocenters. The number of carbonyl (C=O) groups is 1. The number of para-hydroxylation sites is 1. The third-order valence-corrected chi connectivity index (χ3v) is 6.39. The number of ether oxygens (including phenoxy) is 2. The van der Waals surface area contributed by atoms with Crippen molar-refractivity contribution >= 4 is 23.4 Å². The van der Waals surface area contributed by atoms with Gasteiger partial charge in [0.15, 0.2) is 11.4 Å². The van der Waals surface area contributed by atoms with Gasteiger partial charge in [0.1, 0.15) is 11.8 Å². The SMILES string of the molecule is CCOC(=O)C1=C(C)N=c2s/c(=C/c3ccccc3OCC#N)c(=O)n2[C@@H]1c1ccc(C)cc1. The number of esters is 1. The Balaban J connectivity index is 1.93. The van der Waals surface area contributed by atoms with E-state index in [0.29, 0.717) is 31.9 Å². The molecule has 1 atom stereocenters. The topological polar surface area (TPSA) is 93.7 Å². The first-order chi connectivity index (χ1) is 16.4. The molecule has 0 radical (unpaired) electrons. The van der Waals surface area contributed by atoms with Gasteiger partial charge in [0.05, 0.1) is 28.5 Å². The van der Waals surface area contributed by atoms with Gasteiger partial charge >= 0.3 is 5.97 Å². The van der Waals surface area contributed by atoms with Gasteiger partial charge in [-0.1, -0.05) is 59.4 Å². The molecule has 7 nitrogen and oxygen atoms in total. The molecule has 4 rings (SSSR count). The average molecular weight is 474 g/mol. The van der Waals surface area contributed by atoms with Crippen LogP contribution in [0.25, 0.3) is 6.08 Å². The van der Waals surface area contributed by atoms with E-state index >= 15 is 0 Å². The molecule has 0 N–H and O–H groups in total. The molecular formula is C26H23N3O4S. The van der Waals surface area contributed by atoms with Crippen LogP contribution in [0.15, 0.2) is 69.6 Å². The number of aromatic nitrogens is 1. The number of rotatable bonds is 6. The van der Waals surface area contributed by atoms with E-state index in [-0.39, 0.29) is 18.8 Å². The average Bonchev–Trinajstić information content (AvgIpc) is 3.12. The highest BCUT2D eigenvalue weighted by atomic mass is 32.1. The van der Waals surface area contributed by atoms with Crippen molar-refractivity contribution in [2.45, 2.75) is 26.8 Å². The van der Waals surface area contributed by atoms with Crippen molar-refractivity contribution in [3.8, 4) is 11.8 Å². The fraction of sp³-hybridized carbons (Fsp3) is 0.231. The summed E-state index contributed by atoms with van der Waals surface area (Å²) >= 11 is 1.24. The second kappa shape index (κ2) is 9.89. The van der Waals surface area contributed by atoms with E-state index in [1.165, 1.54) is 11.3 Å². The molecule has 1 aromatic heterocycles. The molecule has 0 bridgehead atoms. The summed E-state index contributed by atoms with van der Waals surface area (Å²) in [6.07, 6.45) is 1.73. The number of nitrogens with zero attached hydrogens (tertiary/aromatic N) is 3. The third kappa shape index (κ3) is 4.43. The lowest BCUT2D eigenvalue weighted by molar-refractivity contribution is -0.139. The van der Waals surface area contributed by atoms with Crippen molar-refractivity contribution in [1.29, 1.82) is 5.26 Å². The van der Waals surface area contributed by atoms with Crippen LogP contribution in [0.3, 0.4) is 0 Å². The molecule has 2 heterocycles. The summed E-state index contributed by atoms with van der Waals surface area (Å²) in [6, 6.07) is 16.2. The third-order valence-electron chi connectivity index (χ3n) is 5.41. The van der Waals surface area contributed by atoms with E-state index < -0.39 is 12.0 Å². The summed E-state index contributed by atoms with van der Waals surface area (Å²) in [5.74, 6) is 0.0206. The molecule has 0 amide bonds. The van der Waals surface area contributed by atoms with Crippen molar-refractivity contribution in [1.82, 2.24) is 4.57 Å². The normalized spacial score (nSPS) is 15.4. The Labute approximate surface area is 200 Å². The van der Waals surface area contributed by atoms with Gasteiger partial charge in [-0.2, -0.15) is 5.26 Å². The molecule has 0 saturated carbocycles. The molecular weight excluding hydrogens is 450 g/mol. The molecule has 1 aliphatic heterocycles. The molecule has 34 heavy (non-hydrogen) atoms. The zero-order valence-electron chi connectivity index (χ0n) is 19.1. The highest BCUT2D eigenvalue weighted by Crippen LogP contribution is 2.30. The second-order valence-corrected chi connectivity index (χ2v) is 8.71. The number of hydrogen-bond donors (Lipinski definition) is 0. The maximum absolute atomic E-state index is 13.6. The zero-order valence-corrected chi connectivity index (χ0v) is 19.9. The lowest BCUT2D eigenvalue weighted by Gasteiger charge is -2.24. The fourth-order valence-corrected chi connectivity index (χ4v) is 4.88. The number of carbonyl (C=O) groups excluding carboxylic acids is 1. The lowest BCUT2D eigenvalue weighted by atomic mass is 9.95. The van der Waals surface area contributed by atoms with E-state index in [9.17, 15) is 9.59 Å². The Morgan fingerprint density at radius 1 is 1.21 bits per heavy atom. The Morgan fingerprint density at radius 2 is 1.94 bits per heavy atom. The van der Waals surface area contributed by atoms with Gasteiger partial charge in [0.25, 0.3) is 5.56 Å². The van der Waals surface area contributed by atoms with Crippen LogP contribution >= 0.6 is 11.3 Å². The van der Waals surface area contributed by atoms with Gasteiger partial charge in [-0.3, -0.25) is 9.36 Å².